The summed E-state index contributed by atoms with van der Waals surface area (Å²) in [6.45, 7) is 1.78. The topological polar surface area (TPSA) is 62.0 Å². The molecule has 3 aromatic rings. The molecule has 2 aromatic heterocycles. The highest BCUT2D eigenvalue weighted by molar-refractivity contribution is 8.00. The molecule has 126 valence electrons. The van der Waals surface area contributed by atoms with Crippen LogP contribution in [-0.2, 0) is 11.2 Å². The average molecular weight is 372 g/mol. The van der Waals surface area contributed by atoms with Crippen LogP contribution in [0.2, 0.25) is 0 Å². The van der Waals surface area contributed by atoms with Gasteiger partial charge in [-0.2, -0.15) is 13.2 Å². The summed E-state index contributed by atoms with van der Waals surface area (Å²) in [5, 5.41) is 0. The van der Waals surface area contributed by atoms with E-state index in [4.69, 9.17) is 4.42 Å². The van der Waals surface area contributed by atoms with Gasteiger partial charge in [0.05, 0.1) is 0 Å². The maximum absolute atomic E-state index is 12.5. The van der Waals surface area contributed by atoms with Gasteiger partial charge in [0.15, 0.2) is 16.2 Å². The van der Waals surface area contributed by atoms with E-state index in [1.54, 1.807) is 19.1 Å². The summed E-state index contributed by atoms with van der Waals surface area (Å²) in [4.78, 5) is 8.87. The third-order valence-corrected chi connectivity index (χ3v) is 5.14. The Bertz CT molecular complexity index is 867. The van der Waals surface area contributed by atoms with E-state index in [-0.39, 0.29) is 28.1 Å². The van der Waals surface area contributed by atoms with Crippen molar-refractivity contribution in [2.75, 3.05) is 5.75 Å². The number of hydrogen-bond acceptors (Lipinski definition) is 5. The zero-order valence-corrected chi connectivity index (χ0v) is 14.0. The number of pyridine rings is 1. The lowest BCUT2D eigenvalue weighted by molar-refractivity contribution is -0.0328. The SMILES string of the molecule is CC[S+]([O-])c1cccnc1-c1nc2cc(SC(F)(F)F)ccc2o1. The highest BCUT2D eigenvalue weighted by atomic mass is 32.2. The Morgan fingerprint density at radius 2 is 2.08 bits per heavy atom. The Balaban J connectivity index is 2.03. The number of hydrogen-bond donors (Lipinski definition) is 0. The largest absolute Gasteiger partial charge is 0.611 e. The van der Waals surface area contributed by atoms with Gasteiger partial charge in [-0.05, 0) is 60.2 Å². The lowest BCUT2D eigenvalue weighted by Crippen LogP contribution is -2.06. The molecule has 3 rings (SSSR count). The van der Waals surface area contributed by atoms with E-state index in [2.05, 4.69) is 9.97 Å². The molecule has 0 aliphatic carbocycles. The summed E-state index contributed by atoms with van der Waals surface area (Å²) in [5.74, 6) is 0.544. The summed E-state index contributed by atoms with van der Waals surface area (Å²) in [6, 6.07) is 7.38. The van der Waals surface area contributed by atoms with Crippen LogP contribution in [0, 0.1) is 0 Å². The van der Waals surface area contributed by atoms with Gasteiger partial charge in [-0.1, -0.05) is 0 Å². The Hall–Kier alpha value is -1.71. The van der Waals surface area contributed by atoms with Gasteiger partial charge in [0.25, 0.3) is 5.89 Å². The van der Waals surface area contributed by atoms with E-state index in [0.717, 1.165) is 0 Å². The van der Waals surface area contributed by atoms with Crippen LogP contribution in [0.25, 0.3) is 22.7 Å². The fraction of sp³-hybridized carbons (Fsp3) is 0.200. The van der Waals surface area contributed by atoms with Crippen LogP contribution < -0.4 is 0 Å². The second kappa shape index (κ2) is 6.66. The molecule has 9 heteroatoms. The van der Waals surface area contributed by atoms with Crippen molar-refractivity contribution in [1.29, 1.82) is 0 Å². The van der Waals surface area contributed by atoms with E-state index in [0.29, 0.717) is 21.9 Å². The molecule has 0 saturated heterocycles. The van der Waals surface area contributed by atoms with Gasteiger partial charge >= 0.3 is 5.51 Å². The van der Waals surface area contributed by atoms with Crippen molar-refractivity contribution in [3.8, 4) is 11.6 Å². The van der Waals surface area contributed by atoms with Gasteiger partial charge in [-0.15, -0.1) is 0 Å². The molecule has 24 heavy (non-hydrogen) atoms. The summed E-state index contributed by atoms with van der Waals surface area (Å²) in [5.41, 5.74) is -3.40. The molecule has 2 heterocycles. The first-order chi connectivity index (χ1) is 11.4. The predicted octanol–water partition coefficient (Wildman–Crippen LogP) is 4.63. The van der Waals surface area contributed by atoms with Crippen LogP contribution in [0.5, 0.6) is 0 Å². The van der Waals surface area contributed by atoms with Crippen molar-refractivity contribution in [1.82, 2.24) is 9.97 Å². The number of alkyl halides is 3. The summed E-state index contributed by atoms with van der Waals surface area (Å²) in [6.07, 6.45) is 1.52. The molecule has 1 atom stereocenters. The Morgan fingerprint density at radius 3 is 2.79 bits per heavy atom. The molecule has 0 bridgehead atoms. The lowest BCUT2D eigenvalue weighted by Gasteiger charge is -2.09. The summed E-state index contributed by atoms with van der Waals surface area (Å²) in [7, 11) is 0. The summed E-state index contributed by atoms with van der Waals surface area (Å²) < 4.78 is 55.1. The highest BCUT2D eigenvalue weighted by Gasteiger charge is 2.29. The lowest BCUT2D eigenvalue weighted by atomic mass is 10.3. The van der Waals surface area contributed by atoms with Crippen molar-refractivity contribution in [2.45, 2.75) is 22.2 Å². The van der Waals surface area contributed by atoms with Crippen LogP contribution in [0.4, 0.5) is 13.2 Å². The zero-order chi connectivity index (χ0) is 17.3. The number of nitrogens with zero attached hydrogens (tertiary/aromatic N) is 2. The molecule has 0 fully saturated rings. The highest BCUT2D eigenvalue weighted by Crippen LogP contribution is 2.38. The zero-order valence-electron chi connectivity index (χ0n) is 12.3. The Labute approximate surface area is 142 Å². The molecule has 0 saturated carbocycles. The van der Waals surface area contributed by atoms with Gasteiger partial charge in [-0.3, -0.25) is 0 Å². The van der Waals surface area contributed by atoms with Crippen molar-refractivity contribution >= 4 is 34.0 Å². The maximum atomic E-state index is 12.5. The molecule has 4 nitrogen and oxygen atoms in total. The first-order valence-electron chi connectivity index (χ1n) is 6.87. The smallest absolute Gasteiger partial charge is 0.446 e. The maximum Gasteiger partial charge on any atom is 0.446 e. The number of fused-ring (bicyclic) bond motifs is 1. The quantitative estimate of drug-likeness (QED) is 0.494. The van der Waals surface area contributed by atoms with Crippen molar-refractivity contribution < 1.29 is 22.1 Å². The average Bonchev–Trinajstić information content (AvgIpc) is 2.95. The van der Waals surface area contributed by atoms with Crippen molar-refractivity contribution in [3.63, 3.8) is 0 Å². The Kier molecular flexibility index (Phi) is 4.75. The number of thioether (sulfide) groups is 1. The van der Waals surface area contributed by atoms with E-state index in [9.17, 15) is 17.7 Å². The van der Waals surface area contributed by atoms with E-state index in [1.165, 1.54) is 24.4 Å². The van der Waals surface area contributed by atoms with Crippen LogP contribution in [0.15, 0.2) is 50.7 Å². The van der Waals surface area contributed by atoms with Crippen molar-refractivity contribution in [3.05, 3.63) is 36.5 Å². The van der Waals surface area contributed by atoms with Gasteiger partial charge in [0.2, 0.25) is 0 Å². The first-order valence-corrected chi connectivity index (χ1v) is 9.01. The van der Waals surface area contributed by atoms with Crippen LogP contribution >= 0.6 is 11.8 Å². The van der Waals surface area contributed by atoms with E-state index in [1.807, 2.05) is 0 Å². The number of rotatable bonds is 4. The molecule has 0 radical (unpaired) electrons. The van der Waals surface area contributed by atoms with E-state index >= 15 is 0 Å². The monoisotopic (exact) mass is 372 g/mol. The minimum atomic E-state index is -4.37. The molecule has 0 aliphatic rings. The van der Waals surface area contributed by atoms with Gasteiger partial charge < -0.3 is 8.97 Å². The molecule has 1 aromatic carbocycles. The summed E-state index contributed by atoms with van der Waals surface area (Å²) >= 11 is -1.47. The van der Waals surface area contributed by atoms with Crippen LogP contribution in [0.3, 0.4) is 0 Å². The molecule has 0 N–H and O–H groups in total. The molecule has 0 spiro atoms. The minimum absolute atomic E-state index is 0.0215. The number of oxazole rings is 1. The first kappa shape index (κ1) is 17.1. The fourth-order valence-electron chi connectivity index (χ4n) is 2.10. The molecular weight excluding hydrogens is 361 g/mol. The van der Waals surface area contributed by atoms with Crippen molar-refractivity contribution in [2.24, 2.45) is 0 Å². The third-order valence-electron chi connectivity index (χ3n) is 3.07. The standard InChI is InChI=1S/C15H11F3N2O2S2/c1-2-24(21)12-4-3-7-19-13(12)14-20-10-8-9(23-15(16,17)18)5-6-11(10)22-14/h3-8H,2H2,1H3. The fourth-order valence-corrected chi connectivity index (χ4v) is 3.57. The normalized spacial score (nSPS) is 13.4. The van der Waals surface area contributed by atoms with Gasteiger partial charge in [0, 0.05) is 11.1 Å². The van der Waals surface area contributed by atoms with Crippen LogP contribution in [0.1, 0.15) is 6.92 Å². The predicted molar refractivity (Wildman–Crippen MR) is 86.1 cm³/mol. The van der Waals surface area contributed by atoms with Gasteiger partial charge in [0.1, 0.15) is 11.3 Å². The van der Waals surface area contributed by atoms with Crippen LogP contribution in [-0.4, -0.2) is 25.8 Å². The molecule has 1 unspecified atom stereocenters. The molecule has 0 amide bonds. The van der Waals surface area contributed by atoms with E-state index < -0.39 is 16.7 Å². The number of aromatic nitrogens is 2. The van der Waals surface area contributed by atoms with Gasteiger partial charge in [-0.25, -0.2) is 9.97 Å². The molecular formula is C15H11F3N2O2S2. The third kappa shape index (κ3) is 3.68. The minimum Gasteiger partial charge on any atom is -0.611 e. The Morgan fingerprint density at radius 1 is 1.29 bits per heavy atom. The number of halogens is 3. The second-order valence-corrected chi connectivity index (χ2v) is 7.53. The molecule has 0 aliphatic heterocycles. The second-order valence-electron chi connectivity index (χ2n) is 4.68. The number of benzene rings is 1.